The second kappa shape index (κ2) is 5.97. The molecule has 2 rings (SSSR count). The standard InChI is InChI=1S/C13H15Cl3O7/c1-6-9(10(18)19)13(7(20-3)4-8(17)22-13)23-11(6,2)21-5-12(14,15)16/h4,6,9H,5H2,1-3H3,(H,18,19)/t6-,9+,11+,13+/m0/s1. The average molecular weight is 390 g/mol. The quantitative estimate of drug-likeness (QED) is 0.582. The van der Waals surface area contributed by atoms with Gasteiger partial charge in [-0.3, -0.25) is 4.79 Å². The molecule has 1 saturated heterocycles. The molecule has 10 heteroatoms. The van der Waals surface area contributed by atoms with Crippen molar-refractivity contribution < 1.29 is 33.6 Å². The lowest BCUT2D eigenvalue weighted by Crippen LogP contribution is -2.44. The van der Waals surface area contributed by atoms with Gasteiger partial charge in [0.2, 0.25) is 3.79 Å². The van der Waals surface area contributed by atoms with Gasteiger partial charge in [0.05, 0.1) is 19.8 Å². The van der Waals surface area contributed by atoms with Crippen molar-refractivity contribution in [2.75, 3.05) is 13.7 Å². The van der Waals surface area contributed by atoms with Crippen molar-refractivity contribution in [2.24, 2.45) is 11.8 Å². The van der Waals surface area contributed by atoms with Gasteiger partial charge in [-0.1, -0.05) is 41.7 Å². The van der Waals surface area contributed by atoms with Crippen LogP contribution in [0.2, 0.25) is 0 Å². The molecule has 0 saturated carbocycles. The molecule has 7 nitrogen and oxygen atoms in total. The molecule has 0 unspecified atom stereocenters. The van der Waals surface area contributed by atoms with E-state index in [1.807, 2.05) is 0 Å². The van der Waals surface area contributed by atoms with Crippen LogP contribution in [0.15, 0.2) is 11.8 Å². The molecule has 0 aliphatic carbocycles. The molecule has 1 spiro atoms. The van der Waals surface area contributed by atoms with Gasteiger partial charge in [-0.2, -0.15) is 0 Å². The molecule has 0 amide bonds. The predicted octanol–water partition coefficient (Wildman–Crippen LogP) is 2.24. The molecular formula is C13H15Cl3O7. The van der Waals surface area contributed by atoms with Crippen LogP contribution < -0.4 is 0 Å². The van der Waals surface area contributed by atoms with E-state index in [1.54, 1.807) is 6.92 Å². The Morgan fingerprint density at radius 3 is 2.57 bits per heavy atom. The summed E-state index contributed by atoms with van der Waals surface area (Å²) in [7, 11) is 1.28. The Hall–Kier alpha value is -0.730. The minimum atomic E-state index is -1.92. The lowest BCUT2D eigenvalue weighted by molar-refractivity contribution is -0.301. The molecule has 1 fully saturated rings. The van der Waals surface area contributed by atoms with Crippen LogP contribution in [0.4, 0.5) is 0 Å². The minimum Gasteiger partial charge on any atom is -0.494 e. The van der Waals surface area contributed by atoms with Crippen LogP contribution in [-0.2, 0) is 28.5 Å². The summed E-state index contributed by atoms with van der Waals surface area (Å²) in [6.45, 7) is 2.71. The molecule has 2 aliphatic heterocycles. The zero-order chi connectivity index (χ0) is 17.6. The van der Waals surface area contributed by atoms with Gasteiger partial charge in [0.1, 0.15) is 5.92 Å². The summed E-state index contributed by atoms with van der Waals surface area (Å²) < 4.78 is 19.8. The third-order valence-corrected chi connectivity index (χ3v) is 4.27. The molecule has 4 atom stereocenters. The summed E-state index contributed by atoms with van der Waals surface area (Å²) in [5.74, 6) is -7.46. The van der Waals surface area contributed by atoms with Crippen molar-refractivity contribution in [1.29, 1.82) is 0 Å². The molecule has 0 bridgehead atoms. The van der Waals surface area contributed by atoms with Gasteiger partial charge in [0.25, 0.3) is 5.79 Å². The molecular weight excluding hydrogens is 374 g/mol. The summed E-state index contributed by atoms with van der Waals surface area (Å²) in [6, 6.07) is 0. The van der Waals surface area contributed by atoms with Crippen molar-refractivity contribution in [3.8, 4) is 0 Å². The van der Waals surface area contributed by atoms with Gasteiger partial charge in [-0.05, 0) is 6.92 Å². The topological polar surface area (TPSA) is 91.3 Å². The maximum absolute atomic E-state index is 11.7. The molecule has 2 aliphatic rings. The van der Waals surface area contributed by atoms with Crippen molar-refractivity contribution >= 4 is 46.7 Å². The second-order valence-corrected chi connectivity index (χ2v) is 7.94. The first-order valence-corrected chi connectivity index (χ1v) is 7.71. The molecule has 0 radical (unpaired) electrons. The molecule has 130 valence electrons. The monoisotopic (exact) mass is 388 g/mol. The number of carboxylic acid groups (broad SMARTS) is 1. The van der Waals surface area contributed by atoms with Crippen LogP contribution >= 0.6 is 34.8 Å². The summed E-state index contributed by atoms with van der Waals surface area (Å²) in [4.78, 5) is 23.4. The lowest BCUT2D eigenvalue weighted by atomic mass is 9.84. The van der Waals surface area contributed by atoms with Crippen molar-refractivity contribution in [3.05, 3.63) is 11.8 Å². The fourth-order valence-electron chi connectivity index (χ4n) is 2.78. The second-order valence-electron chi connectivity index (χ2n) is 5.43. The van der Waals surface area contributed by atoms with Crippen LogP contribution in [0.5, 0.6) is 0 Å². The maximum atomic E-state index is 11.7. The van der Waals surface area contributed by atoms with Gasteiger partial charge < -0.3 is 24.1 Å². The van der Waals surface area contributed by atoms with Crippen LogP contribution in [0.25, 0.3) is 0 Å². The fourth-order valence-corrected chi connectivity index (χ4v) is 2.94. The summed E-state index contributed by atoms with van der Waals surface area (Å²) in [5, 5.41) is 9.58. The van der Waals surface area contributed by atoms with Gasteiger partial charge in [-0.25, -0.2) is 4.79 Å². The fraction of sp³-hybridized carbons (Fsp3) is 0.692. The van der Waals surface area contributed by atoms with Crippen molar-refractivity contribution in [3.63, 3.8) is 0 Å². The number of hydrogen-bond acceptors (Lipinski definition) is 6. The van der Waals surface area contributed by atoms with Crippen molar-refractivity contribution in [2.45, 2.75) is 29.2 Å². The minimum absolute atomic E-state index is 0.0528. The number of esters is 1. The van der Waals surface area contributed by atoms with E-state index in [4.69, 9.17) is 53.8 Å². The zero-order valence-electron chi connectivity index (χ0n) is 12.5. The highest BCUT2D eigenvalue weighted by molar-refractivity contribution is 6.67. The first-order valence-electron chi connectivity index (χ1n) is 6.58. The van der Waals surface area contributed by atoms with E-state index in [0.29, 0.717) is 0 Å². The van der Waals surface area contributed by atoms with Crippen LogP contribution in [-0.4, -0.2) is 46.1 Å². The number of methoxy groups -OCH3 is 1. The number of halogens is 3. The SMILES string of the molecule is COC1=CC(=O)O[C@@]12O[C@@](C)(OCC(Cl)(Cl)Cl)[C@@H](C)[C@@H]2C(=O)O. The van der Waals surface area contributed by atoms with Crippen molar-refractivity contribution in [1.82, 2.24) is 0 Å². The van der Waals surface area contributed by atoms with Gasteiger partial charge in [0, 0.05) is 5.92 Å². The largest absolute Gasteiger partial charge is 0.494 e. The van der Waals surface area contributed by atoms with Gasteiger partial charge >= 0.3 is 11.9 Å². The highest BCUT2D eigenvalue weighted by Gasteiger charge is 2.69. The summed E-state index contributed by atoms with van der Waals surface area (Å²) in [6.07, 6.45) is 1.03. The molecule has 23 heavy (non-hydrogen) atoms. The number of carboxylic acids is 1. The van der Waals surface area contributed by atoms with E-state index in [2.05, 4.69) is 0 Å². The molecule has 1 N–H and O–H groups in total. The Labute approximate surface area is 147 Å². The number of rotatable bonds is 4. The number of aliphatic carboxylic acids is 1. The number of carbonyl (C=O) groups is 2. The van der Waals surface area contributed by atoms with E-state index in [9.17, 15) is 14.7 Å². The first-order chi connectivity index (χ1) is 10.4. The van der Waals surface area contributed by atoms with E-state index in [-0.39, 0.29) is 12.4 Å². The molecule has 0 aromatic rings. The smallest absolute Gasteiger partial charge is 0.337 e. The number of alkyl halides is 3. The Bertz CT molecular complexity index is 558. The highest BCUT2D eigenvalue weighted by atomic mass is 35.6. The normalized spacial score (nSPS) is 37.0. The maximum Gasteiger partial charge on any atom is 0.337 e. The molecule has 0 aromatic heterocycles. The summed E-state index contributed by atoms with van der Waals surface area (Å²) >= 11 is 17.0. The van der Waals surface area contributed by atoms with Crippen LogP contribution in [0, 0.1) is 11.8 Å². The van der Waals surface area contributed by atoms with E-state index in [0.717, 1.165) is 6.08 Å². The Morgan fingerprint density at radius 1 is 1.48 bits per heavy atom. The number of hydrogen-bond donors (Lipinski definition) is 1. The van der Waals surface area contributed by atoms with Crippen LogP contribution in [0.3, 0.4) is 0 Å². The molecule has 0 aromatic carbocycles. The first kappa shape index (κ1) is 18.6. The third-order valence-electron chi connectivity index (χ3n) is 3.94. The summed E-state index contributed by atoms with van der Waals surface area (Å²) in [5.41, 5.74) is 0. The number of ether oxygens (including phenoxy) is 4. The van der Waals surface area contributed by atoms with Gasteiger partial charge in [0.15, 0.2) is 11.5 Å². The third kappa shape index (κ3) is 3.25. The Kier molecular flexibility index (Phi) is 4.83. The highest BCUT2D eigenvalue weighted by Crippen LogP contribution is 2.54. The zero-order valence-corrected chi connectivity index (χ0v) is 14.7. The lowest BCUT2D eigenvalue weighted by Gasteiger charge is -2.32. The number of carbonyl (C=O) groups excluding carboxylic acids is 1. The van der Waals surface area contributed by atoms with Gasteiger partial charge in [-0.15, -0.1) is 0 Å². The Balaban J connectivity index is 2.40. The molecule has 2 heterocycles. The predicted molar refractivity (Wildman–Crippen MR) is 79.9 cm³/mol. The van der Waals surface area contributed by atoms with E-state index >= 15 is 0 Å². The van der Waals surface area contributed by atoms with E-state index in [1.165, 1.54) is 14.0 Å². The Morgan fingerprint density at radius 2 is 2.09 bits per heavy atom. The van der Waals surface area contributed by atoms with Crippen LogP contribution in [0.1, 0.15) is 13.8 Å². The van der Waals surface area contributed by atoms with E-state index < -0.39 is 39.1 Å². The average Bonchev–Trinajstić information content (AvgIpc) is 2.82.